The van der Waals surface area contributed by atoms with Crippen LogP contribution in [-0.4, -0.2) is 38.4 Å². The Hall–Kier alpha value is -2.64. The van der Waals surface area contributed by atoms with Crippen LogP contribution in [-0.2, 0) is 33.4 Å². The molecule has 1 aromatic rings. The van der Waals surface area contributed by atoms with E-state index >= 15 is 0 Å². The highest BCUT2D eigenvalue weighted by atomic mass is 16.5. The fraction of sp³-hybridized carbons (Fsp3) is 0.636. The first-order chi connectivity index (χ1) is 14.2. The molecule has 0 N–H and O–H groups in total. The van der Waals surface area contributed by atoms with Gasteiger partial charge in [0.15, 0.2) is 0 Å². The first-order valence-electron chi connectivity index (χ1n) is 10.0. The Morgan fingerprint density at radius 1 is 1.30 bits per heavy atom. The number of fused-ring (bicyclic) bond motifs is 1. The van der Waals surface area contributed by atoms with Crippen LogP contribution in [0.1, 0.15) is 51.2 Å². The lowest BCUT2D eigenvalue weighted by atomic mass is 9.46. The largest absolute Gasteiger partial charge is 0.472 e. The highest BCUT2D eigenvalue weighted by Crippen LogP contribution is 2.63. The van der Waals surface area contributed by atoms with Gasteiger partial charge in [-0.05, 0) is 36.2 Å². The predicted molar refractivity (Wildman–Crippen MR) is 103 cm³/mol. The second-order valence-corrected chi connectivity index (χ2v) is 8.72. The van der Waals surface area contributed by atoms with E-state index in [1.165, 1.54) is 26.7 Å². The van der Waals surface area contributed by atoms with Gasteiger partial charge in [0, 0.05) is 12.0 Å². The van der Waals surface area contributed by atoms with Gasteiger partial charge in [0.05, 0.1) is 44.5 Å². The molecule has 164 valence electrons. The van der Waals surface area contributed by atoms with Gasteiger partial charge in [-0.25, -0.2) is 0 Å². The Bertz CT molecular complexity index is 815. The normalized spacial score (nSPS) is 34.3. The topological polar surface area (TPSA) is 109 Å². The molecule has 2 fully saturated rings. The van der Waals surface area contributed by atoms with Crippen LogP contribution in [0, 0.1) is 28.6 Å². The molecule has 1 aliphatic heterocycles. The zero-order valence-electron chi connectivity index (χ0n) is 17.7. The van der Waals surface area contributed by atoms with E-state index < -0.39 is 46.6 Å². The molecule has 0 spiro atoms. The quantitative estimate of drug-likeness (QED) is 0.393. The Morgan fingerprint density at radius 3 is 2.60 bits per heavy atom. The van der Waals surface area contributed by atoms with Crippen LogP contribution in [0.25, 0.3) is 0 Å². The number of methoxy groups -OCH3 is 2. The third-order valence-electron chi connectivity index (χ3n) is 7.22. The van der Waals surface area contributed by atoms with Crippen molar-refractivity contribution < 1.29 is 37.8 Å². The van der Waals surface area contributed by atoms with E-state index in [1.54, 1.807) is 6.07 Å². The first kappa shape index (κ1) is 22.1. The maximum atomic E-state index is 13.1. The minimum absolute atomic E-state index is 0.0764. The molecular formula is C22H28O8. The summed E-state index contributed by atoms with van der Waals surface area (Å²) in [6, 6.07) is 1.72. The summed E-state index contributed by atoms with van der Waals surface area (Å²) in [4.78, 5) is 50.1. The van der Waals surface area contributed by atoms with E-state index in [1.807, 2.05) is 13.8 Å². The van der Waals surface area contributed by atoms with Crippen molar-refractivity contribution in [1.82, 2.24) is 0 Å². The van der Waals surface area contributed by atoms with Crippen LogP contribution in [0.15, 0.2) is 23.0 Å². The van der Waals surface area contributed by atoms with Gasteiger partial charge < -0.3 is 23.4 Å². The van der Waals surface area contributed by atoms with Crippen molar-refractivity contribution in [3.05, 3.63) is 24.2 Å². The number of cyclic esters (lactones) is 1. The average Bonchev–Trinajstić information content (AvgIpc) is 3.25. The van der Waals surface area contributed by atoms with Crippen molar-refractivity contribution in [2.75, 3.05) is 14.2 Å². The second kappa shape index (κ2) is 8.24. The van der Waals surface area contributed by atoms with Gasteiger partial charge in [-0.3, -0.25) is 14.4 Å². The van der Waals surface area contributed by atoms with Gasteiger partial charge in [0.2, 0.25) is 0 Å². The molecule has 30 heavy (non-hydrogen) atoms. The molecule has 6 atom stereocenters. The van der Waals surface area contributed by atoms with Crippen LogP contribution in [0.3, 0.4) is 0 Å². The minimum atomic E-state index is -0.926. The number of furan rings is 1. The lowest BCUT2D eigenvalue weighted by Gasteiger charge is -2.57. The molecule has 0 unspecified atom stereocenters. The molecule has 2 aliphatic rings. The van der Waals surface area contributed by atoms with Crippen LogP contribution < -0.4 is 0 Å². The SMILES string of the molecule is COC(=O)[C@H]1[C@](C)([C@@H](CC=O)C(=O)OC)CC[C@H]2C(=O)O[C@H](c3ccoc3)C[C@]12C. The molecular weight excluding hydrogens is 392 g/mol. The number of aldehydes is 1. The molecule has 1 saturated heterocycles. The van der Waals surface area contributed by atoms with E-state index in [4.69, 9.17) is 18.6 Å². The third kappa shape index (κ3) is 3.42. The number of ether oxygens (including phenoxy) is 3. The molecule has 8 nitrogen and oxygen atoms in total. The van der Waals surface area contributed by atoms with Gasteiger partial charge in [-0.2, -0.15) is 0 Å². The zero-order chi connectivity index (χ0) is 22.1. The fourth-order valence-corrected chi connectivity index (χ4v) is 5.74. The number of carbonyl (C=O) groups excluding carboxylic acids is 4. The summed E-state index contributed by atoms with van der Waals surface area (Å²) in [5, 5.41) is 0. The highest BCUT2D eigenvalue weighted by Gasteiger charge is 2.65. The van der Waals surface area contributed by atoms with Gasteiger partial charge >= 0.3 is 17.9 Å². The number of hydrogen-bond acceptors (Lipinski definition) is 8. The molecule has 3 rings (SSSR count). The molecule has 1 aromatic heterocycles. The fourth-order valence-electron chi connectivity index (χ4n) is 5.74. The van der Waals surface area contributed by atoms with Crippen LogP contribution in [0.5, 0.6) is 0 Å². The van der Waals surface area contributed by atoms with Crippen molar-refractivity contribution in [2.24, 2.45) is 28.6 Å². The Kier molecular flexibility index (Phi) is 6.06. The monoisotopic (exact) mass is 420 g/mol. The third-order valence-corrected chi connectivity index (χ3v) is 7.22. The summed E-state index contributed by atoms with van der Waals surface area (Å²) < 4.78 is 20.9. The van der Waals surface area contributed by atoms with Crippen molar-refractivity contribution in [3.8, 4) is 0 Å². The molecule has 1 saturated carbocycles. The van der Waals surface area contributed by atoms with E-state index in [0.717, 1.165) is 0 Å². The van der Waals surface area contributed by atoms with Gasteiger partial charge in [-0.15, -0.1) is 0 Å². The summed E-state index contributed by atoms with van der Waals surface area (Å²) in [6.07, 6.45) is 4.21. The highest BCUT2D eigenvalue weighted by molar-refractivity contribution is 5.83. The lowest BCUT2D eigenvalue weighted by molar-refractivity contribution is -0.205. The minimum Gasteiger partial charge on any atom is -0.472 e. The molecule has 0 radical (unpaired) electrons. The van der Waals surface area contributed by atoms with E-state index in [0.29, 0.717) is 31.1 Å². The number of esters is 3. The van der Waals surface area contributed by atoms with E-state index in [2.05, 4.69) is 0 Å². The van der Waals surface area contributed by atoms with Gasteiger partial charge in [0.1, 0.15) is 12.4 Å². The Morgan fingerprint density at radius 2 is 2.03 bits per heavy atom. The van der Waals surface area contributed by atoms with Crippen LogP contribution >= 0.6 is 0 Å². The summed E-state index contributed by atoms with van der Waals surface area (Å²) in [6.45, 7) is 3.69. The van der Waals surface area contributed by atoms with Crippen molar-refractivity contribution >= 4 is 24.2 Å². The lowest BCUT2D eigenvalue weighted by Crippen LogP contribution is -2.60. The Labute approximate surface area is 175 Å². The Balaban J connectivity index is 2.10. The molecule has 0 bridgehead atoms. The summed E-state index contributed by atoms with van der Waals surface area (Å²) in [5.41, 5.74) is -1.06. The summed E-state index contributed by atoms with van der Waals surface area (Å²) in [7, 11) is 2.55. The van der Waals surface area contributed by atoms with Crippen LogP contribution in [0.2, 0.25) is 0 Å². The number of rotatable bonds is 6. The maximum absolute atomic E-state index is 13.1. The summed E-state index contributed by atoms with van der Waals surface area (Å²) >= 11 is 0. The number of hydrogen-bond donors (Lipinski definition) is 0. The molecule has 2 heterocycles. The smallest absolute Gasteiger partial charge is 0.310 e. The second-order valence-electron chi connectivity index (χ2n) is 8.72. The zero-order valence-corrected chi connectivity index (χ0v) is 17.7. The predicted octanol–water partition coefficient (Wildman–Crippen LogP) is 2.86. The molecule has 0 aromatic carbocycles. The van der Waals surface area contributed by atoms with Gasteiger partial charge in [-0.1, -0.05) is 13.8 Å². The van der Waals surface area contributed by atoms with Crippen molar-refractivity contribution in [2.45, 2.75) is 45.6 Å². The molecule has 1 aliphatic carbocycles. The standard InChI is InChI=1S/C22H28O8/c1-21(15(6-9-23)18(24)27-3)8-5-14-19(25)30-16(13-7-10-29-12-13)11-22(14,2)17(21)20(26)28-4/h7,9-10,12,14-17H,5-6,8,11H2,1-4H3/t14-,15-,16-,17-,21-,22-/m0/s1. The average molecular weight is 420 g/mol. The van der Waals surface area contributed by atoms with E-state index in [9.17, 15) is 19.2 Å². The van der Waals surface area contributed by atoms with Crippen LogP contribution in [0.4, 0.5) is 0 Å². The van der Waals surface area contributed by atoms with Crippen molar-refractivity contribution in [3.63, 3.8) is 0 Å². The molecule has 8 heteroatoms. The molecule has 0 amide bonds. The van der Waals surface area contributed by atoms with Gasteiger partial charge in [0.25, 0.3) is 0 Å². The first-order valence-corrected chi connectivity index (χ1v) is 10.0. The van der Waals surface area contributed by atoms with E-state index in [-0.39, 0.29) is 12.4 Å². The maximum Gasteiger partial charge on any atom is 0.310 e. The number of carbonyl (C=O) groups is 4. The summed E-state index contributed by atoms with van der Waals surface area (Å²) in [5.74, 6) is -3.59. The van der Waals surface area contributed by atoms with Crippen molar-refractivity contribution in [1.29, 1.82) is 0 Å².